The molecule has 5 heteroatoms. The summed E-state index contributed by atoms with van der Waals surface area (Å²) in [5.74, 6) is -0.515. The predicted molar refractivity (Wildman–Crippen MR) is 65.6 cm³/mol. The first-order chi connectivity index (χ1) is 7.99. The van der Waals surface area contributed by atoms with E-state index >= 15 is 0 Å². The Morgan fingerprint density at radius 2 is 1.94 bits per heavy atom. The van der Waals surface area contributed by atoms with Gasteiger partial charge in [-0.05, 0) is 48.4 Å². The molecule has 2 aromatic rings. The van der Waals surface area contributed by atoms with Crippen LogP contribution in [0.1, 0.15) is 21.7 Å². The zero-order valence-electron chi connectivity index (χ0n) is 8.81. The van der Waals surface area contributed by atoms with Gasteiger partial charge in [-0.15, -0.1) is 0 Å². The van der Waals surface area contributed by atoms with Crippen LogP contribution in [0.15, 0.2) is 28.7 Å². The highest BCUT2D eigenvalue weighted by atomic mass is 79.9. The van der Waals surface area contributed by atoms with E-state index < -0.39 is 16.5 Å². The molecule has 1 aromatic carbocycles. The molecule has 0 amide bonds. The lowest BCUT2D eigenvalue weighted by atomic mass is 10.1. The quantitative estimate of drug-likeness (QED) is 0.709. The first-order valence-electron chi connectivity index (χ1n) is 4.84. The van der Waals surface area contributed by atoms with E-state index in [1.165, 1.54) is 6.92 Å². The van der Waals surface area contributed by atoms with Gasteiger partial charge in [0.2, 0.25) is 0 Å². The summed E-state index contributed by atoms with van der Waals surface area (Å²) in [6, 6.07) is 5.47. The molecule has 0 radical (unpaired) electrons. The minimum absolute atomic E-state index is 0.180. The zero-order chi connectivity index (χ0) is 12.6. The monoisotopic (exact) mass is 320 g/mol. The Bertz CT molecular complexity index is 553. The van der Waals surface area contributed by atoms with Crippen LogP contribution in [-0.2, 0) is 0 Å². The van der Waals surface area contributed by atoms with E-state index in [1.807, 2.05) is 0 Å². The van der Waals surface area contributed by atoms with Crippen LogP contribution in [0, 0.1) is 18.6 Å². The maximum absolute atomic E-state index is 13.7. The molecular formula is C12H8BrClF2O. The van der Waals surface area contributed by atoms with Crippen molar-refractivity contribution in [3.8, 4) is 0 Å². The normalized spacial score (nSPS) is 12.8. The molecular weight excluding hydrogens is 313 g/mol. The fourth-order valence-corrected chi connectivity index (χ4v) is 2.22. The fraction of sp³-hybridized carbons (Fsp3) is 0.167. The number of hydrogen-bond acceptors (Lipinski definition) is 1. The molecule has 1 atom stereocenters. The summed E-state index contributed by atoms with van der Waals surface area (Å²) in [6.07, 6.45) is 0. The molecule has 0 aliphatic heterocycles. The zero-order valence-corrected chi connectivity index (χ0v) is 11.1. The maximum atomic E-state index is 13.7. The molecule has 0 aliphatic carbocycles. The molecule has 1 aromatic heterocycles. The standard InChI is InChI=1S/C12H8BrClF2O/c1-6-4-9(16)7(5-8(6)15)12(13)10-2-3-11(14)17-10/h2-5,12H,1H3. The van der Waals surface area contributed by atoms with Crippen molar-refractivity contribution in [1.82, 2.24) is 0 Å². The summed E-state index contributed by atoms with van der Waals surface area (Å²) >= 11 is 8.89. The van der Waals surface area contributed by atoms with Crippen molar-refractivity contribution in [2.24, 2.45) is 0 Å². The van der Waals surface area contributed by atoms with Crippen molar-refractivity contribution in [3.05, 3.63) is 58.0 Å². The van der Waals surface area contributed by atoms with Gasteiger partial charge >= 0.3 is 0 Å². The van der Waals surface area contributed by atoms with Crippen molar-refractivity contribution in [2.75, 3.05) is 0 Å². The molecule has 1 unspecified atom stereocenters. The highest BCUT2D eigenvalue weighted by molar-refractivity contribution is 9.09. The van der Waals surface area contributed by atoms with Crippen LogP contribution in [0.5, 0.6) is 0 Å². The number of rotatable bonds is 2. The topological polar surface area (TPSA) is 13.1 Å². The Balaban J connectivity index is 2.43. The summed E-state index contributed by atoms with van der Waals surface area (Å²) in [4.78, 5) is -0.565. The van der Waals surface area contributed by atoms with Gasteiger partial charge in [0.05, 0.1) is 0 Å². The van der Waals surface area contributed by atoms with Crippen LogP contribution >= 0.6 is 27.5 Å². The minimum atomic E-state index is -0.565. The second-order valence-corrected chi connectivity index (χ2v) is 4.92. The number of hydrogen-bond donors (Lipinski definition) is 0. The van der Waals surface area contributed by atoms with E-state index in [0.29, 0.717) is 5.76 Å². The van der Waals surface area contributed by atoms with Gasteiger partial charge in [0, 0.05) is 5.56 Å². The molecule has 0 aliphatic rings. The van der Waals surface area contributed by atoms with Crippen molar-refractivity contribution < 1.29 is 13.2 Å². The highest BCUT2D eigenvalue weighted by Crippen LogP contribution is 2.35. The average Bonchev–Trinajstić information content (AvgIpc) is 2.69. The van der Waals surface area contributed by atoms with E-state index in [9.17, 15) is 8.78 Å². The molecule has 1 nitrogen and oxygen atoms in total. The number of halogens is 4. The van der Waals surface area contributed by atoms with Gasteiger partial charge in [0.1, 0.15) is 22.2 Å². The van der Waals surface area contributed by atoms with E-state index in [1.54, 1.807) is 12.1 Å². The average molecular weight is 322 g/mol. The molecule has 0 N–H and O–H groups in total. The van der Waals surface area contributed by atoms with E-state index in [4.69, 9.17) is 16.0 Å². The van der Waals surface area contributed by atoms with Gasteiger partial charge in [0.25, 0.3) is 0 Å². The summed E-state index contributed by atoms with van der Waals surface area (Å²) in [5, 5.41) is 0.206. The van der Waals surface area contributed by atoms with Crippen molar-refractivity contribution in [3.63, 3.8) is 0 Å². The third kappa shape index (κ3) is 2.53. The van der Waals surface area contributed by atoms with Crippen LogP contribution in [0.2, 0.25) is 5.22 Å². The lowest BCUT2D eigenvalue weighted by Crippen LogP contribution is -1.98. The van der Waals surface area contributed by atoms with Crippen LogP contribution in [0.3, 0.4) is 0 Å². The van der Waals surface area contributed by atoms with Gasteiger partial charge in [0.15, 0.2) is 5.22 Å². The Hall–Kier alpha value is -0.870. The molecule has 0 saturated carbocycles. The van der Waals surface area contributed by atoms with E-state index in [2.05, 4.69) is 15.9 Å². The fourth-order valence-electron chi connectivity index (χ4n) is 1.47. The first kappa shape index (κ1) is 12.6. The van der Waals surface area contributed by atoms with Gasteiger partial charge in [-0.2, -0.15) is 0 Å². The van der Waals surface area contributed by atoms with Crippen LogP contribution < -0.4 is 0 Å². The van der Waals surface area contributed by atoms with E-state index in [0.717, 1.165) is 12.1 Å². The maximum Gasteiger partial charge on any atom is 0.193 e. The highest BCUT2D eigenvalue weighted by Gasteiger charge is 2.19. The summed E-state index contributed by atoms with van der Waals surface area (Å²) in [7, 11) is 0. The molecule has 0 fully saturated rings. The minimum Gasteiger partial charge on any atom is -0.448 e. The number of aryl methyl sites for hydroxylation is 1. The lowest BCUT2D eigenvalue weighted by molar-refractivity contribution is 0.512. The van der Waals surface area contributed by atoms with Gasteiger partial charge in [-0.25, -0.2) is 8.78 Å². The van der Waals surface area contributed by atoms with Crippen LogP contribution in [-0.4, -0.2) is 0 Å². The van der Waals surface area contributed by atoms with E-state index in [-0.39, 0.29) is 16.3 Å². The molecule has 0 spiro atoms. The molecule has 0 bridgehead atoms. The SMILES string of the molecule is Cc1cc(F)c(C(Br)c2ccc(Cl)o2)cc1F. The van der Waals surface area contributed by atoms with Gasteiger partial charge in [-0.3, -0.25) is 0 Å². The second kappa shape index (κ2) is 4.78. The Labute approximate surface area is 111 Å². The van der Waals surface area contributed by atoms with Gasteiger partial charge < -0.3 is 4.42 Å². The molecule has 1 heterocycles. The second-order valence-electron chi connectivity index (χ2n) is 3.63. The number of furan rings is 1. The summed E-state index contributed by atoms with van der Waals surface area (Å²) in [6.45, 7) is 1.51. The van der Waals surface area contributed by atoms with Crippen LogP contribution in [0.25, 0.3) is 0 Å². The van der Waals surface area contributed by atoms with Crippen molar-refractivity contribution in [2.45, 2.75) is 11.8 Å². The Morgan fingerprint density at radius 1 is 1.24 bits per heavy atom. The molecule has 0 saturated heterocycles. The Kier molecular flexibility index (Phi) is 3.54. The number of alkyl halides is 1. The Morgan fingerprint density at radius 3 is 2.53 bits per heavy atom. The summed E-state index contributed by atoms with van der Waals surface area (Å²) < 4.78 is 32.3. The first-order valence-corrected chi connectivity index (χ1v) is 6.13. The van der Waals surface area contributed by atoms with Gasteiger partial charge in [-0.1, -0.05) is 15.9 Å². The molecule has 2 rings (SSSR count). The molecule has 90 valence electrons. The third-order valence-corrected chi connectivity index (χ3v) is 3.54. The largest absolute Gasteiger partial charge is 0.448 e. The number of benzene rings is 1. The molecule has 17 heavy (non-hydrogen) atoms. The van der Waals surface area contributed by atoms with Crippen molar-refractivity contribution >= 4 is 27.5 Å². The van der Waals surface area contributed by atoms with Crippen LogP contribution in [0.4, 0.5) is 8.78 Å². The summed E-state index contributed by atoms with van der Waals surface area (Å²) in [5.41, 5.74) is 0.447. The smallest absolute Gasteiger partial charge is 0.193 e. The lowest BCUT2D eigenvalue weighted by Gasteiger charge is -2.10. The third-order valence-electron chi connectivity index (χ3n) is 2.39. The van der Waals surface area contributed by atoms with Crippen molar-refractivity contribution in [1.29, 1.82) is 0 Å². The predicted octanol–water partition coefficient (Wildman–Crippen LogP) is 5.00.